The molecule has 0 atom stereocenters. The fourth-order valence-corrected chi connectivity index (χ4v) is 5.15. The van der Waals surface area contributed by atoms with Gasteiger partial charge < -0.3 is 23.7 Å². The first kappa shape index (κ1) is 36.7. The molecule has 0 bridgehead atoms. The van der Waals surface area contributed by atoms with Crippen molar-refractivity contribution in [2.75, 3.05) is 13.2 Å². The van der Waals surface area contributed by atoms with Crippen LogP contribution in [0.1, 0.15) is 81.5 Å². The SMILES string of the molecule is C=C(C)C(=O)Oc1ccc(-c2ccc(C(=O)Oc3ccc(OCCCCCCOC(=O)C(=C)CC(=O)OC4CCCCC4)cc3)cc2)cc1. The van der Waals surface area contributed by atoms with E-state index in [1.165, 1.54) is 6.42 Å². The van der Waals surface area contributed by atoms with Gasteiger partial charge in [-0.15, -0.1) is 0 Å². The summed E-state index contributed by atoms with van der Waals surface area (Å²) in [6, 6.07) is 21.0. The van der Waals surface area contributed by atoms with E-state index in [2.05, 4.69) is 13.2 Å². The maximum absolute atomic E-state index is 12.7. The summed E-state index contributed by atoms with van der Waals surface area (Å²) in [5.41, 5.74) is 2.65. The number of carbonyl (C=O) groups excluding carboxylic acids is 4. The molecule has 0 aliphatic heterocycles. The van der Waals surface area contributed by atoms with Crippen LogP contribution in [0.4, 0.5) is 0 Å². The van der Waals surface area contributed by atoms with E-state index in [1.807, 2.05) is 24.3 Å². The maximum atomic E-state index is 12.7. The van der Waals surface area contributed by atoms with Crippen molar-refractivity contribution in [3.05, 3.63) is 103 Å². The van der Waals surface area contributed by atoms with E-state index in [-0.39, 0.29) is 24.7 Å². The highest BCUT2D eigenvalue weighted by atomic mass is 16.6. The molecule has 4 rings (SSSR count). The molecule has 0 spiro atoms. The lowest BCUT2D eigenvalue weighted by Gasteiger charge is -2.21. The summed E-state index contributed by atoms with van der Waals surface area (Å²) in [6.07, 6.45) is 8.18. The molecule has 0 N–H and O–H groups in total. The number of rotatable bonds is 17. The zero-order valence-electron chi connectivity index (χ0n) is 28.1. The molecule has 0 unspecified atom stereocenters. The van der Waals surface area contributed by atoms with Crippen molar-refractivity contribution >= 4 is 23.9 Å². The number of carbonyl (C=O) groups is 4. The van der Waals surface area contributed by atoms with Crippen LogP contribution < -0.4 is 14.2 Å². The molecule has 0 saturated heterocycles. The van der Waals surface area contributed by atoms with Gasteiger partial charge in [0.05, 0.1) is 25.2 Å². The summed E-state index contributed by atoms with van der Waals surface area (Å²) in [4.78, 5) is 48.6. The predicted octanol–water partition coefficient (Wildman–Crippen LogP) is 8.36. The van der Waals surface area contributed by atoms with Crippen molar-refractivity contribution < 1.29 is 42.9 Å². The summed E-state index contributed by atoms with van der Waals surface area (Å²) in [7, 11) is 0. The van der Waals surface area contributed by atoms with E-state index in [0.29, 0.717) is 41.4 Å². The highest BCUT2D eigenvalue weighted by Gasteiger charge is 2.20. The van der Waals surface area contributed by atoms with E-state index >= 15 is 0 Å². The molecular weight excluding hydrogens is 624 g/mol. The van der Waals surface area contributed by atoms with Gasteiger partial charge >= 0.3 is 23.9 Å². The Bertz CT molecular complexity index is 1580. The minimum atomic E-state index is -0.555. The molecule has 0 amide bonds. The van der Waals surface area contributed by atoms with Crippen LogP contribution in [-0.4, -0.2) is 43.2 Å². The van der Waals surface area contributed by atoms with Crippen molar-refractivity contribution in [3.63, 3.8) is 0 Å². The smallest absolute Gasteiger partial charge is 0.343 e. The Morgan fingerprint density at radius 3 is 1.84 bits per heavy atom. The largest absolute Gasteiger partial charge is 0.494 e. The topological polar surface area (TPSA) is 114 Å². The van der Waals surface area contributed by atoms with E-state index in [1.54, 1.807) is 55.5 Å². The minimum absolute atomic E-state index is 0.0453. The van der Waals surface area contributed by atoms with Crippen LogP contribution in [0.15, 0.2) is 97.1 Å². The highest BCUT2D eigenvalue weighted by molar-refractivity contribution is 5.93. The molecule has 1 saturated carbocycles. The molecule has 9 nitrogen and oxygen atoms in total. The zero-order chi connectivity index (χ0) is 35.0. The van der Waals surface area contributed by atoms with E-state index in [9.17, 15) is 19.2 Å². The van der Waals surface area contributed by atoms with Gasteiger partial charge in [0.25, 0.3) is 0 Å². The first-order valence-electron chi connectivity index (χ1n) is 16.8. The van der Waals surface area contributed by atoms with Crippen molar-refractivity contribution in [1.29, 1.82) is 0 Å². The van der Waals surface area contributed by atoms with Crippen LogP contribution in [-0.2, 0) is 23.9 Å². The van der Waals surface area contributed by atoms with Crippen LogP contribution in [0.2, 0.25) is 0 Å². The Labute approximate surface area is 287 Å². The lowest BCUT2D eigenvalue weighted by Crippen LogP contribution is -2.22. The number of unbranched alkanes of at least 4 members (excludes halogenated alkanes) is 3. The van der Waals surface area contributed by atoms with Gasteiger partial charge in [-0.2, -0.15) is 0 Å². The molecule has 258 valence electrons. The van der Waals surface area contributed by atoms with Crippen molar-refractivity contribution in [1.82, 2.24) is 0 Å². The summed E-state index contributed by atoms with van der Waals surface area (Å²) in [5, 5.41) is 0. The van der Waals surface area contributed by atoms with Gasteiger partial charge in [-0.05, 0) is 118 Å². The molecule has 3 aromatic carbocycles. The summed E-state index contributed by atoms with van der Waals surface area (Å²) < 4.78 is 27.2. The number of hydrogen-bond acceptors (Lipinski definition) is 9. The third-order valence-electron chi connectivity index (χ3n) is 7.94. The van der Waals surface area contributed by atoms with E-state index < -0.39 is 23.9 Å². The first-order valence-corrected chi connectivity index (χ1v) is 16.8. The quantitative estimate of drug-likeness (QED) is 0.0606. The average molecular weight is 669 g/mol. The average Bonchev–Trinajstić information content (AvgIpc) is 3.10. The van der Waals surface area contributed by atoms with Gasteiger partial charge in [0.15, 0.2) is 0 Å². The van der Waals surface area contributed by atoms with Crippen molar-refractivity contribution in [2.24, 2.45) is 0 Å². The summed E-state index contributed by atoms with van der Waals surface area (Å²) in [5.74, 6) is -0.433. The Morgan fingerprint density at radius 1 is 0.653 bits per heavy atom. The summed E-state index contributed by atoms with van der Waals surface area (Å²) in [6.45, 7) is 9.64. The van der Waals surface area contributed by atoms with Crippen molar-refractivity contribution in [2.45, 2.75) is 77.2 Å². The van der Waals surface area contributed by atoms with Gasteiger partial charge in [0.2, 0.25) is 0 Å². The first-order chi connectivity index (χ1) is 23.7. The Balaban J connectivity index is 1.07. The lowest BCUT2D eigenvalue weighted by molar-refractivity contribution is -0.151. The van der Waals surface area contributed by atoms with Crippen LogP contribution in [0.25, 0.3) is 11.1 Å². The molecule has 1 aliphatic carbocycles. The van der Waals surface area contributed by atoms with Crippen LogP contribution in [0.5, 0.6) is 17.2 Å². The summed E-state index contributed by atoms with van der Waals surface area (Å²) >= 11 is 0. The van der Waals surface area contributed by atoms with Gasteiger partial charge in [-0.3, -0.25) is 4.79 Å². The molecule has 1 aliphatic rings. The Morgan fingerprint density at radius 2 is 1.20 bits per heavy atom. The molecule has 49 heavy (non-hydrogen) atoms. The second-order valence-corrected chi connectivity index (χ2v) is 12.1. The molecule has 0 radical (unpaired) electrons. The molecular formula is C40H44O9. The van der Waals surface area contributed by atoms with Crippen LogP contribution >= 0.6 is 0 Å². The van der Waals surface area contributed by atoms with E-state index in [4.69, 9.17) is 23.7 Å². The molecule has 1 fully saturated rings. The highest BCUT2D eigenvalue weighted by Crippen LogP contribution is 2.25. The normalized spacial score (nSPS) is 12.8. The molecule has 3 aromatic rings. The monoisotopic (exact) mass is 668 g/mol. The minimum Gasteiger partial charge on any atom is -0.494 e. The lowest BCUT2D eigenvalue weighted by atomic mass is 9.98. The Kier molecular flexibility index (Phi) is 14.2. The van der Waals surface area contributed by atoms with Gasteiger partial charge in [0.1, 0.15) is 23.4 Å². The fourth-order valence-electron chi connectivity index (χ4n) is 5.15. The maximum Gasteiger partial charge on any atom is 0.343 e. The van der Waals surface area contributed by atoms with E-state index in [0.717, 1.165) is 56.1 Å². The van der Waals surface area contributed by atoms with Gasteiger partial charge in [0, 0.05) is 11.1 Å². The predicted molar refractivity (Wildman–Crippen MR) is 185 cm³/mol. The molecule has 9 heteroatoms. The second-order valence-electron chi connectivity index (χ2n) is 12.1. The molecule has 0 aromatic heterocycles. The zero-order valence-corrected chi connectivity index (χ0v) is 28.1. The van der Waals surface area contributed by atoms with Crippen LogP contribution in [0.3, 0.4) is 0 Å². The fraction of sp³-hybridized carbons (Fsp3) is 0.350. The van der Waals surface area contributed by atoms with Gasteiger partial charge in [-0.1, -0.05) is 43.8 Å². The van der Waals surface area contributed by atoms with Crippen LogP contribution in [0, 0.1) is 0 Å². The number of esters is 4. The standard InChI is InChI=1S/C40H44O9/c1-28(2)38(42)48-35-19-17-31(18-20-35)30-13-15-32(16-14-30)40(44)49-36-23-21-33(22-24-36)45-25-9-4-5-10-26-46-39(43)29(3)27-37(41)47-34-11-7-6-8-12-34/h13-24,34H,1,3-12,25-27H2,2H3. The third-order valence-corrected chi connectivity index (χ3v) is 7.94. The number of ether oxygens (including phenoxy) is 5. The molecule has 0 heterocycles. The number of benzene rings is 3. The van der Waals surface area contributed by atoms with Crippen molar-refractivity contribution in [3.8, 4) is 28.4 Å². The third kappa shape index (κ3) is 12.4. The Hall–Kier alpha value is -5.18. The second kappa shape index (κ2) is 19.0. The van der Waals surface area contributed by atoms with Gasteiger partial charge in [-0.25, -0.2) is 14.4 Å². The number of hydrogen-bond donors (Lipinski definition) is 0.